The van der Waals surface area contributed by atoms with Gasteiger partial charge in [-0.1, -0.05) is 19.1 Å². The van der Waals surface area contributed by atoms with Crippen LogP contribution in [-0.4, -0.2) is 6.04 Å². The van der Waals surface area contributed by atoms with Gasteiger partial charge in [-0.25, -0.2) is 0 Å². The summed E-state index contributed by atoms with van der Waals surface area (Å²) in [5, 5.41) is 3.77. The van der Waals surface area contributed by atoms with E-state index in [-0.39, 0.29) is 0 Å². The highest BCUT2D eigenvalue weighted by atomic mass is 14.9. The van der Waals surface area contributed by atoms with Crippen molar-refractivity contribution in [3.05, 3.63) is 29.3 Å². The zero-order chi connectivity index (χ0) is 11.9. The number of hydrogen-bond donors (Lipinski definition) is 1. The van der Waals surface area contributed by atoms with Gasteiger partial charge in [0.15, 0.2) is 0 Å². The summed E-state index contributed by atoms with van der Waals surface area (Å²) < 4.78 is 0. The Morgan fingerprint density at radius 1 is 1.18 bits per heavy atom. The molecule has 2 aliphatic rings. The molecule has 0 radical (unpaired) electrons. The van der Waals surface area contributed by atoms with Crippen LogP contribution in [-0.2, 0) is 12.8 Å². The summed E-state index contributed by atoms with van der Waals surface area (Å²) in [6.07, 6.45) is 8.03. The number of aryl methyl sites for hydroxylation is 1. The van der Waals surface area contributed by atoms with Crippen LogP contribution in [0.2, 0.25) is 0 Å². The Bertz CT molecular complexity index is 418. The predicted octanol–water partition coefficient (Wildman–Crippen LogP) is 4.17. The van der Waals surface area contributed by atoms with Crippen molar-refractivity contribution in [1.29, 1.82) is 0 Å². The van der Waals surface area contributed by atoms with E-state index in [9.17, 15) is 0 Å². The second-order valence-corrected chi connectivity index (χ2v) is 6.17. The Labute approximate surface area is 105 Å². The Hall–Kier alpha value is -0.980. The van der Waals surface area contributed by atoms with Crippen LogP contribution in [0.1, 0.15) is 50.7 Å². The molecule has 1 heteroatoms. The molecule has 0 spiro atoms. The van der Waals surface area contributed by atoms with Gasteiger partial charge in [-0.15, -0.1) is 0 Å². The molecule has 1 nitrogen and oxygen atoms in total. The molecule has 0 amide bonds. The van der Waals surface area contributed by atoms with Crippen molar-refractivity contribution < 1.29 is 0 Å². The minimum absolute atomic E-state index is 0.553. The summed E-state index contributed by atoms with van der Waals surface area (Å²) in [5.41, 5.74) is 5.13. The smallest absolute Gasteiger partial charge is 0.0377 e. The molecule has 1 saturated carbocycles. The summed E-state index contributed by atoms with van der Waals surface area (Å²) in [6.45, 7) is 4.75. The van der Waals surface area contributed by atoms with Gasteiger partial charge in [-0.3, -0.25) is 0 Å². The van der Waals surface area contributed by atoms with E-state index >= 15 is 0 Å². The van der Waals surface area contributed by atoms with Crippen molar-refractivity contribution in [3.8, 4) is 0 Å². The van der Waals surface area contributed by atoms with Crippen LogP contribution in [0.25, 0.3) is 0 Å². The van der Waals surface area contributed by atoms with Crippen LogP contribution >= 0.6 is 0 Å². The molecule has 1 fully saturated rings. The first-order chi connectivity index (χ1) is 8.19. The fraction of sp³-hybridized carbons (Fsp3) is 0.625. The van der Waals surface area contributed by atoms with Crippen LogP contribution in [0.3, 0.4) is 0 Å². The number of benzene rings is 1. The molecule has 0 aromatic heterocycles. The summed E-state index contributed by atoms with van der Waals surface area (Å²) in [6, 6.07) is 7.40. The molecule has 3 rings (SSSR count). The lowest BCUT2D eigenvalue weighted by molar-refractivity contribution is 0.492. The van der Waals surface area contributed by atoms with Crippen molar-refractivity contribution in [2.75, 3.05) is 5.32 Å². The highest BCUT2D eigenvalue weighted by Gasteiger charge is 2.42. The minimum Gasteiger partial charge on any atom is -0.382 e. The molecular weight excluding hydrogens is 206 g/mol. The fourth-order valence-electron chi connectivity index (χ4n) is 2.95. The number of hydrogen-bond acceptors (Lipinski definition) is 1. The van der Waals surface area contributed by atoms with Crippen LogP contribution < -0.4 is 5.32 Å². The van der Waals surface area contributed by atoms with Gasteiger partial charge in [0.1, 0.15) is 0 Å². The lowest BCUT2D eigenvalue weighted by atomic mass is 9.90. The van der Waals surface area contributed by atoms with E-state index in [2.05, 4.69) is 37.4 Å². The number of rotatable bonds is 3. The zero-order valence-electron chi connectivity index (χ0n) is 11.1. The first-order valence-electron chi connectivity index (χ1n) is 7.06. The molecule has 17 heavy (non-hydrogen) atoms. The molecule has 1 aromatic rings. The Balaban J connectivity index is 1.82. The standard InChI is InChI=1S/C16H23N/c1-12(16(2)10-11-16)17-15-9-5-7-13-6-3-4-8-14(13)15/h5,7,9,12,17H,3-4,6,8,10-11H2,1-2H3. The molecule has 0 bridgehead atoms. The lowest BCUT2D eigenvalue weighted by Gasteiger charge is -2.26. The van der Waals surface area contributed by atoms with Crippen molar-refractivity contribution in [1.82, 2.24) is 0 Å². The minimum atomic E-state index is 0.553. The van der Waals surface area contributed by atoms with E-state index in [1.165, 1.54) is 44.2 Å². The average molecular weight is 229 g/mol. The molecule has 92 valence electrons. The second-order valence-electron chi connectivity index (χ2n) is 6.17. The van der Waals surface area contributed by atoms with Crippen molar-refractivity contribution in [3.63, 3.8) is 0 Å². The molecule has 0 aliphatic heterocycles. The van der Waals surface area contributed by atoms with Gasteiger partial charge in [-0.2, -0.15) is 0 Å². The molecule has 0 heterocycles. The maximum absolute atomic E-state index is 3.77. The molecule has 1 atom stereocenters. The molecule has 1 aromatic carbocycles. The van der Waals surface area contributed by atoms with E-state index in [1.807, 2.05) is 0 Å². The largest absolute Gasteiger partial charge is 0.382 e. The third-order valence-electron chi connectivity index (χ3n) is 4.85. The van der Waals surface area contributed by atoms with Gasteiger partial charge < -0.3 is 5.32 Å². The van der Waals surface area contributed by atoms with Gasteiger partial charge in [-0.05, 0) is 68.1 Å². The number of fused-ring (bicyclic) bond motifs is 1. The molecular formula is C16H23N. The first kappa shape index (κ1) is 11.1. The van der Waals surface area contributed by atoms with Crippen molar-refractivity contribution >= 4 is 5.69 Å². The van der Waals surface area contributed by atoms with Gasteiger partial charge in [0.25, 0.3) is 0 Å². The topological polar surface area (TPSA) is 12.0 Å². The van der Waals surface area contributed by atoms with Crippen molar-refractivity contribution in [2.24, 2.45) is 5.41 Å². The molecule has 2 aliphatic carbocycles. The Kier molecular flexibility index (Phi) is 2.65. The number of anilines is 1. The van der Waals surface area contributed by atoms with Crippen LogP contribution in [0.15, 0.2) is 18.2 Å². The number of nitrogens with one attached hydrogen (secondary N) is 1. The Morgan fingerprint density at radius 2 is 1.94 bits per heavy atom. The highest BCUT2D eigenvalue weighted by molar-refractivity contribution is 5.56. The molecule has 1 N–H and O–H groups in total. The summed E-state index contributed by atoms with van der Waals surface area (Å²) in [4.78, 5) is 0. The summed E-state index contributed by atoms with van der Waals surface area (Å²) in [7, 11) is 0. The Morgan fingerprint density at radius 3 is 2.71 bits per heavy atom. The van der Waals surface area contributed by atoms with Gasteiger partial charge in [0.05, 0.1) is 0 Å². The average Bonchev–Trinajstić information content (AvgIpc) is 3.09. The highest BCUT2D eigenvalue weighted by Crippen LogP contribution is 2.49. The lowest BCUT2D eigenvalue weighted by Crippen LogP contribution is -2.26. The third kappa shape index (κ3) is 2.08. The van der Waals surface area contributed by atoms with E-state index in [4.69, 9.17) is 0 Å². The van der Waals surface area contributed by atoms with E-state index < -0.39 is 0 Å². The quantitative estimate of drug-likeness (QED) is 0.820. The monoisotopic (exact) mass is 229 g/mol. The van der Waals surface area contributed by atoms with E-state index in [0.717, 1.165) is 0 Å². The molecule has 0 saturated heterocycles. The second kappa shape index (κ2) is 4.04. The SMILES string of the molecule is CC(Nc1cccc2c1CCCC2)C1(C)CC1. The summed E-state index contributed by atoms with van der Waals surface area (Å²) >= 11 is 0. The van der Waals surface area contributed by atoms with Crippen LogP contribution in [0.5, 0.6) is 0 Å². The van der Waals surface area contributed by atoms with Gasteiger partial charge in [0.2, 0.25) is 0 Å². The van der Waals surface area contributed by atoms with E-state index in [1.54, 1.807) is 11.1 Å². The third-order valence-corrected chi connectivity index (χ3v) is 4.85. The maximum atomic E-state index is 3.77. The van der Waals surface area contributed by atoms with Crippen LogP contribution in [0, 0.1) is 5.41 Å². The normalized spacial score (nSPS) is 22.7. The summed E-state index contributed by atoms with van der Waals surface area (Å²) in [5.74, 6) is 0. The fourth-order valence-corrected chi connectivity index (χ4v) is 2.95. The van der Waals surface area contributed by atoms with Crippen LogP contribution in [0.4, 0.5) is 5.69 Å². The first-order valence-corrected chi connectivity index (χ1v) is 7.06. The zero-order valence-corrected chi connectivity index (χ0v) is 11.1. The van der Waals surface area contributed by atoms with E-state index in [0.29, 0.717) is 11.5 Å². The van der Waals surface area contributed by atoms with Gasteiger partial charge >= 0.3 is 0 Å². The maximum Gasteiger partial charge on any atom is 0.0377 e. The van der Waals surface area contributed by atoms with Gasteiger partial charge in [0, 0.05) is 11.7 Å². The molecule has 1 unspecified atom stereocenters. The predicted molar refractivity (Wildman–Crippen MR) is 73.5 cm³/mol. The van der Waals surface area contributed by atoms with Crippen molar-refractivity contribution in [2.45, 2.75) is 58.4 Å².